The van der Waals surface area contributed by atoms with E-state index in [0.29, 0.717) is 24.7 Å². The maximum Gasteiger partial charge on any atom is 0.224 e. The third-order valence-electron chi connectivity index (χ3n) is 4.18. The summed E-state index contributed by atoms with van der Waals surface area (Å²) in [7, 11) is -3.32. The molecular formula is C18H23Cl2N3O4S. The molecule has 1 aromatic carbocycles. The standard InChI is InChI=1S/C18H21N3O4S.2ClH/c1-26(23,24)16-6-2-5-15(10-16)25-18-14(4-3-8-20-18)12-21-17(22)13-7-9-19-11-13;;/h2-6,8,10,13,19H,7,9,11-12H2,1H3,(H,21,22);2*1H. The van der Waals surface area contributed by atoms with Gasteiger partial charge < -0.3 is 15.4 Å². The minimum atomic E-state index is -3.32. The molecule has 1 aliphatic rings. The second kappa shape index (κ2) is 10.6. The molecule has 1 atom stereocenters. The van der Waals surface area contributed by atoms with Crippen molar-refractivity contribution in [3.05, 3.63) is 48.2 Å². The largest absolute Gasteiger partial charge is 0.439 e. The molecule has 1 aromatic heterocycles. The molecular weight excluding hydrogens is 425 g/mol. The molecule has 1 unspecified atom stereocenters. The molecule has 2 heterocycles. The van der Waals surface area contributed by atoms with E-state index in [4.69, 9.17) is 4.74 Å². The van der Waals surface area contributed by atoms with Gasteiger partial charge in [0.2, 0.25) is 11.8 Å². The number of hydrogen-bond donors (Lipinski definition) is 2. The van der Waals surface area contributed by atoms with Crippen molar-refractivity contribution >= 4 is 40.6 Å². The van der Waals surface area contributed by atoms with Crippen molar-refractivity contribution in [2.24, 2.45) is 5.92 Å². The molecule has 1 saturated heterocycles. The molecule has 0 bridgehead atoms. The summed E-state index contributed by atoms with van der Waals surface area (Å²) in [6.45, 7) is 1.85. The van der Waals surface area contributed by atoms with Crippen LogP contribution in [0.3, 0.4) is 0 Å². The average Bonchev–Trinajstić information content (AvgIpc) is 3.15. The van der Waals surface area contributed by atoms with Crippen LogP contribution in [-0.4, -0.2) is 38.7 Å². The molecule has 2 aromatic rings. The topological polar surface area (TPSA) is 97.4 Å². The summed E-state index contributed by atoms with van der Waals surface area (Å²) in [6, 6.07) is 9.82. The number of amides is 1. The zero-order valence-electron chi connectivity index (χ0n) is 15.3. The van der Waals surface area contributed by atoms with Crippen LogP contribution in [0.2, 0.25) is 0 Å². The van der Waals surface area contributed by atoms with Gasteiger partial charge in [0.1, 0.15) is 5.75 Å². The Hall–Kier alpha value is -1.87. The van der Waals surface area contributed by atoms with Crippen molar-refractivity contribution in [1.29, 1.82) is 0 Å². The Kier molecular flexibility index (Phi) is 9.16. The van der Waals surface area contributed by atoms with E-state index in [-0.39, 0.29) is 41.5 Å². The second-order valence-electron chi connectivity index (χ2n) is 6.22. The first-order valence-electron chi connectivity index (χ1n) is 8.34. The van der Waals surface area contributed by atoms with Crippen molar-refractivity contribution in [2.45, 2.75) is 17.9 Å². The second-order valence-corrected chi connectivity index (χ2v) is 8.24. The highest BCUT2D eigenvalue weighted by molar-refractivity contribution is 7.90. The quantitative estimate of drug-likeness (QED) is 0.704. The van der Waals surface area contributed by atoms with E-state index in [1.165, 1.54) is 12.1 Å². The first-order chi connectivity index (χ1) is 12.4. The summed E-state index contributed by atoms with van der Waals surface area (Å²) >= 11 is 0. The number of hydrogen-bond acceptors (Lipinski definition) is 6. The number of pyridine rings is 1. The van der Waals surface area contributed by atoms with Crippen LogP contribution in [0, 0.1) is 5.92 Å². The molecule has 0 radical (unpaired) electrons. The molecule has 0 spiro atoms. The lowest BCUT2D eigenvalue weighted by molar-refractivity contribution is -0.124. The lowest BCUT2D eigenvalue weighted by Crippen LogP contribution is -2.31. The summed E-state index contributed by atoms with van der Waals surface area (Å²) in [4.78, 5) is 16.5. The number of carbonyl (C=O) groups is 1. The van der Waals surface area contributed by atoms with Gasteiger partial charge in [0.15, 0.2) is 9.84 Å². The molecule has 3 rings (SSSR count). The van der Waals surface area contributed by atoms with Gasteiger partial charge in [-0.25, -0.2) is 13.4 Å². The van der Waals surface area contributed by atoms with Crippen molar-refractivity contribution in [3.63, 3.8) is 0 Å². The Balaban J connectivity index is 0.00000196. The van der Waals surface area contributed by atoms with Crippen LogP contribution >= 0.6 is 24.8 Å². The molecule has 0 saturated carbocycles. The Morgan fingerprint density at radius 2 is 2.07 bits per heavy atom. The third-order valence-corrected chi connectivity index (χ3v) is 5.29. The van der Waals surface area contributed by atoms with E-state index < -0.39 is 9.84 Å². The first kappa shape index (κ1) is 24.2. The summed E-state index contributed by atoms with van der Waals surface area (Å²) in [5.41, 5.74) is 0.719. The number of ether oxygens (including phenoxy) is 1. The van der Waals surface area contributed by atoms with Crippen LogP contribution in [-0.2, 0) is 21.2 Å². The van der Waals surface area contributed by atoms with Gasteiger partial charge in [-0.05, 0) is 37.2 Å². The van der Waals surface area contributed by atoms with Gasteiger partial charge in [-0.15, -0.1) is 24.8 Å². The van der Waals surface area contributed by atoms with Crippen molar-refractivity contribution in [3.8, 4) is 11.6 Å². The predicted octanol–water partition coefficient (Wildman–Crippen LogP) is 2.35. The Morgan fingerprint density at radius 3 is 2.75 bits per heavy atom. The highest BCUT2D eigenvalue weighted by atomic mass is 35.5. The van der Waals surface area contributed by atoms with Gasteiger partial charge in [0, 0.05) is 31.1 Å². The van der Waals surface area contributed by atoms with Crippen LogP contribution in [0.15, 0.2) is 47.5 Å². The zero-order valence-corrected chi connectivity index (χ0v) is 17.7. The Bertz CT molecular complexity index is 903. The minimum absolute atomic E-state index is 0. The minimum Gasteiger partial charge on any atom is -0.439 e. The number of carbonyl (C=O) groups excluding carboxylic acids is 1. The fourth-order valence-corrected chi connectivity index (χ4v) is 3.39. The van der Waals surface area contributed by atoms with E-state index >= 15 is 0 Å². The summed E-state index contributed by atoms with van der Waals surface area (Å²) in [6.07, 6.45) is 3.56. The lowest BCUT2D eigenvalue weighted by atomic mass is 10.1. The molecule has 0 aliphatic carbocycles. The van der Waals surface area contributed by atoms with Crippen LogP contribution in [0.5, 0.6) is 11.6 Å². The molecule has 154 valence electrons. The smallest absolute Gasteiger partial charge is 0.224 e. The van der Waals surface area contributed by atoms with E-state index in [1.807, 2.05) is 6.07 Å². The Labute approximate surface area is 177 Å². The van der Waals surface area contributed by atoms with Gasteiger partial charge in [0.05, 0.1) is 10.8 Å². The molecule has 1 fully saturated rings. The molecule has 10 heteroatoms. The van der Waals surface area contributed by atoms with Crippen LogP contribution < -0.4 is 15.4 Å². The van der Waals surface area contributed by atoms with Crippen LogP contribution in [0.4, 0.5) is 0 Å². The average molecular weight is 448 g/mol. The van der Waals surface area contributed by atoms with E-state index in [9.17, 15) is 13.2 Å². The van der Waals surface area contributed by atoms with Gasteiger partial charge in [-0.1, -0.05) is 12.1 Å². The van der Waals surface area contributed by atoms with Crippen molar-refractivity contribution in [1.82, 2.24) is 15.6 Å². The summed E-state index contributed by atoms with van der Waals surface area (Å²) in [5.74, 6) is 0.702. The summed E-state index contributed by atoms with van der Waals surface area (Å²) in [5, 5.41) is 6.07. The number of sulfone groups is 1. The molecule has 7 nitrogen and oxygen atoms in total. The zero-order chi connectivity index (χ0) is 18.6. The monoisotopic (exact) mass is 447 g/mol. The van der Waals surface area contributed by atoms with Gasteiger partial charge in [-0.3, -0.25) is 4.79 Å². The molecule has 2 N–H and O–H groups in total. The van der Waals surface area contributed by atoms with E-state index in [1.54, 1.807) is 24.4 Å². The highest BCUT2D eigenvalue weighted by Gasteiger charge is 2.22. The number of benzene rings is 1. The fourth-order valence-electron chi connectivity index (χ4n) is 2.74. The number of nitrogens with one attached hydrogen (secondary N) is 2. The maximum atomic E-state index is 12.2. The number of rotatable bonds is 6. The van der Waals surface area contributed by atoms with Gasteiger partial charge in [0.25, 0.3) is 0 Å². The maximum absolute atomic E-state index is 12.2. The third kappa shape index (κ3) is 6.34. The van der Waals surface area contributed by atoms with Gasteiger partial charge >= 0.3 is 0 Å². The number of nitrogens with zero attached hydrogens (tertiary/aromatic N) is 1. The number of aromatic nitrogens is 1. The summed E-state index contributed by atoms with van der Waals surface area (Å²) < 4.78 is 29.1. The van der Waals surface area contributed by atoms with Crippen molar-refractivity contribution < 1.29 is 17.9 Å². The van der Waals surface area contributed by atoms with Crippen LogP contribution in [0.25, 0.3) is 0 Å². The fraction of sp³-hybridized carbons (Fsp3) is 0.333. The molecule has 1 aliphatic heterocycles. The lowest BCUT2D eigenvalue weighted by Gasteiger charge is -2.13. The Morgan fingerprint density at radius 1 is 1.29 bits per heavy atom. The predicted molar refractivity (Wildman–Crippen MR) is 111 cm³/mol. The van der Waals surface area contributed by atoms with Gasteiger partial charge in [-0.2, -0.15) is 0 Å². The van der Waals surface area contributed by atoms with E-state index in [0.717, 1.165) is 24.8 Å². The highest BCUT2D eigenvalue weighted by Crippen LogP contribution is 2.25. The molecule has 1 amide bonds. The normalized spacial score (nSPS) is 15.8. The van der Waals surface area contributed by atoms with Crippen LogP contribution in [0.1, 0.15) is 12.0 Å². The molecule has 28 heavy (non-hydrogen) atoms. The number of halogens is 2. The van der Waals surface area contributed by atoms with E-state index in [2.05, 4.69) is 15.6 Å². The SMILES string of the molecule is CS(=O)(=O)c1cccc(Oc2ncccc2CNC(=O)C2CCNC2)c1.Cl.Cl. The first-order valence-corrected chi connectivity index (χ1v) is 10.2. The van der Waals surface area contributed by atoms with Crippen molar-refractivity contribution in [2.75, 3.05) is 19.3 Å².